The number of aliphatic hydroxyl groups is 2. The van der Waals surface area contributed by atoms with E-state index in [2.05, 4.69) is 58.8 Å². The predicted molar refractivity (Wildman–Crippen MR) is 136 cm³/mol. The minimum Gasteiger partial charge on any atom is -0.393 e. The lowest BCUT2D eigenvalue weighted by Gasteiger charge is -2.41. The van der Waals surface area contributed by atoms with Crippen molar-refractivity contribution >= 4 is 11.8 Å². The van der Waals surface area contributed by atoms with Crippen LogP contribution in [0.5, 0.6) is 0 Å². The van der Waals surface area contributed by atoms with Gasteiger partial charge < -0.3 is 10.2 Å². The second-order valence-electron chi connectivity index (χ2n) is 10.1. The van der Waals surface area contributed by atoms with Gasteiger partial charge in [-0.1, -0.05) is 62.6 Å². The molecule has 2 nitrogen and oxygen atoms in total. The van der Waals surface area contributed by atoms with E-state index in [9.17, 15) is 10.2 Å². The lowest BCUT2D eigenvalue weighted by atomic mass is 9.64. The highest BCUT2D eigenvalue weighted by atomic mass is 32.2. The maximum Gasteiger partial charge on any atom is 0.0732 e. The second kappa shape index (κ2) is 11.8. The first-order valence-corrected chi connectivity index (χ1v) is 13.4. The minimum atomic E-state index is -0.504. The number of thioether (sulfide) groups is 1. The van der Waals surface area contributed by atoms with Crippen molar-refractivity contribution < 1.29 is 10.2 Å². The molecule has 0 aromatic heterocycles. The summed E-state index contributed by atoms with van der Waals surface area (Å²) in [5.41, 5.74) is 4.45. The van der Waals surface area contributed by atoms with Crippen molar-refractivity contribution in [2.45, 2.75) is 97.2 Å². The van der Waals surface area contributed by atoms with Crippen LogP contribution in [0.25, 0.3) is 0 Å². The molecule has 31 heavy (non-hydrogen) atoms. The second-order valence-corrected chi connectivity index (χ2v) is 11.1. The summed E-state index contributed by atoms with van der Waals surface area (Å²) in [6, 6.07) is 0. The summed E-state index contributed by atoms with van der Waals surface area (Å²) in [7, 11) is 0. The van der Waals surface area contributed by atoms with E-state index < -0.39 is 5.60 Å². The molecule has 2 N–H and O–H groups in total. The quantitative estimate of drug-likeness (QED) is 0.339. The van der Waals surface area contributed by atoms with E-state index >= 15 is 0 Å². The average molecular weight is 445 g/mol. The van der Waals surface area contributed by atoms with Crippen molar-refractivity contribution in [1.82, 2.24) is 0 Å². The van der Waals surface area contributed by atoms with Crippen molar-refractivity contribution in [1.29, 1.82) is 0 Å². The topological polar surface area (TPSA) is 40.5 Å². The minimum absolute atomic E-state index is 0.160. The molecule has 3 rings (SSSR count). The van der Waals surface area contributed by atoms with Crippen LogP contribution in [0.3, 0.4) is 0 Å². The first-order chi connectivity index (χ1) is 14.8. The number of terminal acetylenes is 1. The van der Waals surface area contributed by atoms with Gasteiger partial charge in [0.2, 0.25) is 0 Å². The van der Waals surface area contributed by atoms with E-state index in [4.69, 9.17) is 0 Å². The Hall–Kier alpha value is -0.950. The van der Waals surface area contributed by atoms with Gasteiger partial charge in [0.1, 0.15) is 0 Å². The third-order valence-corrected chi connectivity index (χ3v) is 9.49. The molecule has 2 saturated carbocycles. The van der Waals surface area contributed by atoms with Crippen LogP contribution in [-0.4, -0.2) is 33.4 Å². The molecule has 3 unspecified atom stereocenters. The van der Waals surface area contributed by atoms with Gasteiger partial charge in [-0.05, 0) is 75.0 Å². The van der Waals surface area contributed by atoms with Gasteiger partial charge >= 0.3 is 0 Å². The van der Waals surface area contributed by atoms with Gasteiger partial charge in [0, 0.05) is 11.5 Å². The van der Waals surface area contributed by atoms with Crippen molar-refractivity contribution in [3.63, 3.8) is 0 Å². The third kappa shape index (κ3) is 6.31. The summed E-state index contributed by atoms with van der Waals surface area (Å²) in [6.45, 7) is 8.83. The van der Waals surface area contributed by atoms with Crippen molar-refractivity contribution in [2.75, 3.05) is 11.5 Å². The molecule has 0 heterocycles. The molecule has 0 bridgehead atoms. The van der Waals surface area contributed by atoms with Crippen LogP contribution < -0.4 is 0 Å². The fourth-order valence-corrected chi connectivity index (χ4v) is 7.05. The molecule has 4 atom stereocenters. The van der Waals surface area contributed by atoms with Crippen LogP contribution in [0.15, 0.2) is 34.9 Å². The zero-order chi connectivity index (χ0) is 23.1. The van der Waals surface area contributed by atoms with Gasteiger partial charge in [0.05, 0.1) is 11.7 Å². The van der Waals surface area contributed by atoms with Crippen LogP contribution in [0.2, 0.25) is 0 Å². The number of allylic oxidation sites excluding steroid dienone is 4. The molecule has 2 fully saturated rings. The van der Waals surface area contributed by atoms with Gasteiger partial charge in [0.25, 0.3) is 0 Å². The fourth-order valence-electron chi connectivity index (χ4n) is 5.49. The lowest BCUT2D eigenvalue weighted by molar-refractivity contribution is 0.0572. The highest BCUT2D eigenvalue weighted by Crippen LogP contribution is 2.55. The van der Waals surface area contributed by atoms with Crippen molar-refractivity contribution in [3.05, 3.63) is 34.9 Å². The fraction of sp³-hybridized carbons (Fsp3) is 0.714. The Morgan fingerprint density at radius 2 is 1.94 bits per heavy atom. The molecule has 0 aromatic carbocycles. The summed E-state index contributed by atoms with van der Waals surface area (Å²) >= 11 is 1.92. The lowest BCUT2D eigenvalue weighted by Crippen LogP contribution is -2.32. The SMILES string of the molecule is C#C.CCC(O)(CC)CSCC1=CCC2/C(=C/C=C3/CCC(C)[C@H](O)C3)CCCC12C. The average Bonchev–Trinajstić information content (AvgIpc) is 3.12. The number of fused-ring (bicyclic) bond motifs is 1. The first kappa shape index (κ1) is 26.3. The summed E-state index contributed by atoms with van der Waals surface area (Å²) in [6.07, 6.45) is 24.8. The maximum atomic E-state index is 10.6. The number of hydrogen-bond donors (Lipinski definition) is 2. The van der Waals surface area contributed by atoms with E-state index in [-0.39, 0.29) is 6.10 Å². The highest BCUT2D eigenvalue weighted by molar-refractivity contribution is 7.99. The highest BCUT2D eigenvalue weighted by Gasteiger charge is 2.44. The maximum absolute atomic E-state index is 10.6. The number of rotatable bonds is 7. The van der Waals surface area contributed by atoms with E-state index in [0.717, 1.165) is 43.6 Å². The molecule has 0 saturated heterocycles. The predicted octanol–water partition coefficient (Wildman–Crippen LogP) is 6.69. The van der Waals surface area contributed by atoms with Gasteiger partial charge in [-0.3, -0.25) is 0 Å². The van der Waals surface area contributed by atoms with Gasteiger partial charge in [-0.15, -0.1) is 12.8 Å². The zero-order valence-electron chi connectivity index (χ0n) is 20.2. The monoisotopic (exact) mass is 444 g/mol. The first-order valence-electron chi connectivity index (χ1n) is 12.2. The van der Waals surface area contributed by atoms with Crippen LogP contribution in [0, 0.1) is 30.1 Å². The molecule has 3 aliphatic rings. The van der Waals surface area contributed by atoms with E-state index in [1.807, 2.05) is 11.8 Å². The van der Waals surface area contributed by atoms with Crippen LogP contribution in [0.1, 0.15) is 85.5 Å². The zero-order valence-corrected chi connectivity index (χ0v) is 21.0. The summed E-state index contributed by atoms with van der Waals surface area (Å²) < 4.78 is 0. The normalized spacial score (nSPS) is 33.5. The van der Waals surface area contributed by atoms with E-state index in [1.165, 1.54) is 31.3 Å². The summed E-state index contributed by atoms with van der Waals surface area (Å²) in [5.74, 6) is 2.99. The number of hydrogen-bond acceptors (Lipinski definition) is 3. The Morgan fingerprint density at radius 1 is 1.23 bits per heavy atom. The summed E-state index contributed by atoms with van der Waals surface area (Å²) in [5, 5.41) is 20.8. The van der Waals surface area contributed by atoms with E-state index in [1.54, 1.807) is 11.1 Å². The smallest absolute Gasteiger partial charge is 0.0732 e. The molecular formula is C28H44O2S. The summed E-state index contributed by atoms with van der Waals surface area (Å²) in [4.78, 5) is 0. The van der Waals surface area contributed by atoms with Crippen LogP contribution in [-0.2, 0) is 0 Å². The Kier molecular flexibility index (Phi) is 9.99. The van der Waals surface area contributed by atoms with Crippen molar-refractivity contribution in [3.8, 4) is 12.8 Å². The standard InChI is InChI=1S/C26H42O2S.C2H2/c1-5-26(28,6-2)18-29-17-22-13-14-23-21(8-7-15-25(22,23)4)12-11-20-10-9-19(3)24(27)16-20;1-2/h11-13,19,23-24,27-28H,5-10,14-18H2,1-4H3;1-2H/b20-11-,21-12+;/t19?,23?,24-,25?;/m1./s1. The van der Waals surface area contributed by atoms with Crippen LogP contribution in [0.4, 0.5) is 0 Å². The van der Waals surface area contributed by atoms with Gasteiger partial charge in [0.15, 0.2) is 0 Å². The molecule has 174 valence electrons. The molecule has 0 aromatic rings. The Bertz CT molecular complexity index is 697. The third-order valence-electron chi connectivity index (χ3n) is 8.24. The molecule has 0 spiro atoms. The molecule has 3 aliphatic carbocycles. The molecule has 0 amide bonds. The Balaban J connectivity index is 0.00000166. The Morgan fingerprint density at radius 3 is 2.58 bits per heavy atom. The number of aliphatic hydroxyl groups excluding tert-OH is 1. The van der Waals surface area contributed by atoms with Gasteiger partial charge in [-0.25, -0.2) is 0 Å². The largest absolute Gasteiger partial charge is 0.393 e. The molecule has 0 radical (unpaired) electrons. The van der Waals surface area contributed by atoms with Crippen molar-refractivity contribution in [2.24, 2.45) is 17.3 Å². The molecular weight excluding hydrogens is 400 g/mol. The van der Waals surface area contributed by atoms with Gasteiger partial charge in [-0.2, -0.15) is 11.8 Å². The van der Waals surface area contributed by atoms with E-state index in [0.29, 0.717) is 17.3 Å². The molecule has 0 aliphatic heterocycles. The van der Waals surface area contributed by atoms with Crippen LogP contribution >= 0.6 is 11.8 Å². The molecule has 3 heteroatoms. The Labute approximate surface area is 195 Å².